The van der Waals surface area contributed by atoms with E-state index in [1.54, 1.807) is 24.3 Å². The molecule has 0 aliphatic carbocycles. The van der Waals surface area contributed by atoms with Crippen LogP contribution in [-0.4, -0.2) is 12.6 Å². The number of hydrogen-bond donors (Lipinski definition) is 0. The van der Waals surface area contributed by atoms with E-state index in [1.807, 2.05) is 6.92 Å². The van der Waals surface area contributed by atoms with Crippen LogP contribution in [0.4, 0.5) is 5.69 Å². The van der Waals surface area contributed by atoms with Crippen molar-refractivity contribution in [1.29, 1.82) is 0 Å². The Morgan fingerprint density at radius 1 is 1.50 bits per heavy atom. The molecule has 0 saturated carbocycles. The van der Waals surface area contributed by atoms with Gasteiger partial charge in [0.1, 0.15) is 0 Å². The second-order valence-electron chi connectivity index (χ2n) is 3.20. The molecule has 5 nitrogen and oxygen atoms in total. The zero-order valence-corrected chi connectivity index (χ0v) is 9.09. The maximum absolute atomic E-state index is 11.6. The molecule has 0 heterocycles. The zero-order chi connectivity index (χ0) is 11.8. The summed E-state index contributed by atoms with van der Waals surface area (Å²) < 4.78 is 5.03. The minimum atomic E-state index is -0.448. The first-order valence-electron chi connectivity index (χ1n) is 5.10. The van der Waals surface area contributed by atoms with Gasteiger partial charge in [0.25, 0.3) is 0 Å². The van der Waals surface area contributed by atoms with Gasteiger partial charge in [0, 0.05) is 4.91 Å². The summed E-state index contributed by atoms with van der Waals surface area (Å²) in [5.74, 6) is -0.448. The number of unbranched alkanes of at least 4 members (excludes halogenated alkanes) is 1. The number of rotatable bonds is 5. The lowest BCUT2D eigenvalue weighted by molar-refractivity contribution is 0.0501. The second-order valence-corrected chi connectivity index (χ2v) is 3.20. The fourth-order valence-electron chi connectivity index (χ4n) is 1.17. The summed E-state index contributed by atoms with van der Waals surface area (Å²) in [5, 5.41) is 3.44. The van der Waals surface area contributed by atoms with Crippen LogP contribution in [0.3, 0.4) is 0 Å². The molecule has 0 unspecified atom stereocenters. The van der Waals surface area contributed by atoms with Crippen LogP contribution in [0.25, 0.3) is 10.4 Å². The van der Waals surface area contributed by atoms with Crippen molar-refractivity contribution in [2.75, 3.05) is 6.61 Å². The lowest BCUT2D eigenvalue weighted by atomic mass is 10.2. The number of carbonyl (C=O) groups is 1. The quantitative estimate of drug-likeness (QED) is 0.249. The van der Waals surface area contributed by atoms with Gasteiger partial charge in [-0.2, -0.15) is 0 Å². The molecule has 5 heteroatoms. The Hall–Kier alpha value is -2.00. The highest BCUT2D eigenvalue weighted by molar-refractivity contribution is 5.94. The standard InChI is InChI=1S/C11H13N3O2/c1-2-3-8-16-11(15)9-6-4-5-7-10(9)13-14-12/h4-7H,2-3,8H2,1H3. The van der Waals surface area contributed by atoms with Gasteiger partial charge in [0.2, 0.25) is 0 Å². The van der Waals surface area contributed by atoms with E-state index in [0.29, 0.717) is 17.9 Å². The molecule has 0 amide bonds. The third-order valence-corrected chi connectivity index (χ3v) is 2.01. The zero-order valence-electron chi connectivity index (χ0n) is 9.09. The minimum Gasteiger partial charge on any atom is -0.462 e. The van der Waals surface area contributed by atoms with E-state index in [0.717, 1.165) is 12.8 Å². The van der Waals surface area contributed by atoms with Crippen LogP contribution in [0.15, 0.2) is 29.4 Å². The van der Waals surface area contributed by atoms with Gasteiger partial charge in [-0.25, -0.2) is 4.79 Å². The van der Waals surface area contributed by atoms with Crippen molar-refractivity contribution in [3.05, 3.63) is 40.3 Å². The van der Waals surface area contributed by atoms with E-state index >= 15 is 0 Å². The largest absolute Gasteiger partial charge is 0.462 e. The molecule has 84 valence electrons. The van der Waals surface area contributed by atoms with E-state index < -0.39 is 5.97 Å². The molecule has 1 aromatic carbocycles. The van der Waals surface area contributed by atoms with Crippen molar-refractivity contribution in [2.24, 2.45) is 5.11 Å². The first-order valence-corrected chi connectivity index (χ1v) is 5.10. The SMILES string of the molecule is CCCCOC(=O)c1ccccc1N=[N+]=[N-]. The molecule has 0 atom stereocenters. The molecule has 0 saturated heterocycles. The number of ether oxygens (including phenoxy) is 1. The fraction of sp³-hybridized carbons (Fsp3) is 0.364. The van der Waals surface area contributed by atoms with Crippen molar-refractivity contribution < 1.29 is 9.53 Å². The summed E-state index contributed by atoms with van der Waals surface area (Å²) in [6.45, 7) is 2.40. The lowest BCUT2D eigenvalue weighted by Crippen LogP contribution is -2.06. The van der Waals surface area contributed by atoms with Crippen LogP contribution in [0.1, 0.15) is 30.1 Å². The molecular weight excluding hydrogens is 206 g/mol. The topological polar surface area (TPSA) is 75.1 Å². The van der Waals surface area contributed by atoms with E-state index in [2.05, 4.69) is 10.0 Å². The summed E-state index contributed by atoms with van der Waals surface area (Å²) in [6, 6.07) is 6.56. The van der Waals surface area contributed by atoms with Crippen molar-refractivity contribution in [3.8, 4) is 0 Å². The molecule has 16 heavy (non-hydrogen) atoms. The average Bonchev–Trinajstić information content (AvgIpc) is 2.30. The van der Waals surface area contributed by atoms with Crippen molar-refractivity contribution in [3.63, 3.8) is 0 Å². The predicted molar refractivity (Wildman–Crippen MR) is 60.4 cm³/mol. The van der Waals surface area contributed by atoms with Gasteiger partial charge in [-0.1, -0.05) is 36.7 Å². The van der Waals surface area contributed by atoms with Gasteiger partial charge in [0.15, 0.2) is 0 Å². The van der Waals surface area contributed by atoms with E-state index in [9.17, 15) is 4.79 Å². The molecule has 0 fully saturated rings. The van der Waals surface area contributed by atoms with Crippen molar-refractivity contribution >= 4 is 11.7 Å². The number of carbonyl (C=O) groups excluding carboxylic acids is 1. The fourth-order valence-corrected chi connectivity index (χ4v) is 1.17. The number of esters is 1. The first kappa shape index (κ1) is 12.1. The maximum atomic E-state index is 11.6. The smallest absolute Gasteiger partial charge is 0.338 e. The second kappa shape index (κ2) is 6.48. The third-order valence-electron chi connectivity index (χ3n) is 2.01. The molecule has 0 aromatic heterocycles. The number of nitrogens with zero attached hydrogens (tertiary/aromatic N) is 3. The highest BCUT2D eigenvalue weighted by atomic mass is 16.5. The summed E-state index contributed by atoms with van der Waals surface area (Å²) in [6.07, 6.45) is 1.79. The molecule has 0 bridgehead atoms. The normalized spacial score (nSPS) is 9.31. The van der Waals surface area contributed by atoms with Crippen LogP contribution in [0.5, 0.6) is 0 Å². The van der Waals surface area contributed by atoms with Crippen molar-refractivity contribution in [1.82, 2.24) is 0 Å². The number of benzene rings is 1. The Labute approximate surface area is 93.7 Å². The summed E-state index contributed by atoms with van der Waals surface area (Å²) >= 11 is 0. The Morgan fingerprint density at radius 2 is 2.25 bits per heavy atom. The molecule has 0 aliphatic rings. The van der Waals surface area contributed by atoms with Crippen LogP contribution in [0.2, 0.25) is 0 Å². The van der Waals surface area contributed by atoms with Gasteiger partial charge < -0.3 is 4.74 Å². The molecule has 1 aromatic rings. The van der Waals surface area contributed by atoms with Gasteiger partial charge in [-0.05, 0) is 18.0 Å². The third kappa shape index (κ3) is 3.29. The first-order chi connectivity index (χ1) is 7.79. The highest BCUT2D eigenvalue weighted by Crippen LogP contribution is 2.19. The monoisotopic (exact) mass is 219 g/mol. The lowest BCUT2D eigenvalue weighted by Gasteiger charge is -2.05. The van der Waals surface area contributed by atoms with Crippen molar-refractivity contribution in [2.45, 2.75) is 19.8 Å². The molecule has 0 spiro atoms. The molecular formula is C11H13N3O2. The van der Waals surface area contributed by atoms with Crippen LogP contribution in [0, 0.1) is 0 Å². The Balaban J connectivity index is 2.78. The maximum Gasteiger partial charge on any atom is 0.338 e. The summed E-state index contributed by atoms with van der Waals surface area (Å²) in [7, 11) is 0. The minimum absolute atomic E-state index is 0.298. The van der Waals surface area contributed by atoms with Gasteiger partial charge >= 0.3 is 5.97 Å². The molecule has 0 N–H and O–H groups in total. The average molecular weight is 219 g/mol. The summed E-state index contributed by atoms with van der Waals surface area (Å²) in [5.41, 5.74) is 8.95. The molecule has 0 radical (unpaired) electrons. The highest BCUT2D eigenvalue weighted by Gasteiger charge is 2.10. The molecule has 1 rings (SSSR count). The van der Waals surface area contributed by atoms with E-state index in [1.165, 1.54) is 0 Å². The van der Waals surface area contributed by atoms with Gasteiger partial charge in [-0.15, -0.1) is 0 Å². The number of azide groups is 1. The van der Waals surface area contributed by atoms with Crippen LogP contribution in [-0.2, 0) is 4.74 Å². The van der Waals surface area contributed by atoms with Gasteiger partial charge in [-0.3, -0.25) is 0 Å². The van der Waals surface area contributed by atoms with Gasteiger partial charge in [0.05, 0.1) is 17.9 Å². The van der Waals surface area contributed by atoms with Crippen LogP contribution < -0.4 is 0 Å². The van der Waals surface area contributed by atoms with Crippen LogP contribution >= 0.6 is 0 Å². The number of hydrogen-bond acceptors (Lipinski definition) is 3. The Morgan fingerprint density at radius 3 is 2.94 bits per heavy atom. The summed E-state index contributed by atoms with van der Waals surface area (Å²) in [4.78, 5) is 14.3. The molecule has 0 aliphatic heterocycles. The predicted octanol–water partition coefficient (Wildman–Crippen LogP) is 3.59. The Bertz CT molecular complexity index is 411. The Kier molecular flexibility index (Phi) is 4.89. The van der Waals surface area contributed by atoms with E-state index in [-0.39, 0.29) is 0 Å². The van der Waals surface area contributed by atoms with E-state index in [4.69, 9.17) is 10.3 Å².